The van der Waals surface area contributed by atoms with Crippen LogP contribution in [0.3, 0.4) is 0 Å². The first-order valence-corrected chi connectivity index (χ1v) is 4.62. The number of rotatable bonds is 2. The average Bonchev–Trinajstić information content (AvgIpc) is 2.29. The molecule has 0 fully saturated rings. The number of carbonyl (C=O) groups excluding carboxylic acids is 1. The van der Waals surface area contributed by atoms with Crippen LogP contribution >= 0.6 is 0 Å². The van der Waals surface area contributed by atoms with E-state index in [2.05, 4.69) is 4.98 Å². The lowest BCUT2D eigenvalue weighted by molar-refractivity contribution is 0.103. The zero-order valence-corrected chi connectivity index (χ0v) is 8.22. The number of hydrogen-bond donors (Lipinski definition) is 1. The van der Waals surface area contributed by atoms with Gasteiger partial charge in [-0.15, -0.1) is 0 Å². The Hall–Kier alpha value is -2.23. The molecule has 1 N–H and O–H groups in total. The van der Waals surface area contributed by atoms with Gasteiger partial charge in [-0.05, 0) is 24.3 Å². The lowest BCUT2D eigenvalue weighted by atomic mass is 10.0. The van der Waals surface area contributed by atoms with Gasteiger partial charge in [-0.1, -0.05) is 0 Å². The topological polar surface area (TPSA) is 50.2 Å². The van der Waals surface area contributed by atoms with Crippen molar-refractivity contribution in [3.05, 3.63) is 59.7 Å². The number of aromatic hydroxyl groups is 1. The summed E-state index contributed by atoms with van der Waals surface area (Å²) in [6, 6.07) is 6.37. The van der Waals surface area contributed by atoms with Gasteiger partial charge in [0, 0.05) is 24.0 Å². The van der Waals surface area contributed by atoms with Gasteiger partial charge in [0.2, 0.25) is 0 Å². The zero-order valence-electron chi connectivity index (χ0n) is 8.22. The first kappa shape index (κ1) is 10.3. The monoisotopic (exact) mass is 217 g/mol. The van der Waals surface area contributed by atoms with Crippen LogP contribution in [0.4, 0.5) is 4.39 Å². The molecule has 80 valence electrons. The van der Waals surface area contributed by atoms with E-state index in [0.717, 1.165) is 12.1 Å². The number of pyridine rings is 1. The number of nitrogens with zero attached hydrogens (tertiary/aromatic N) is 1. The standard InChI is InChI=1S/C12H8FNO2/c13-9-1-2-10(11(15)7-9)12(16)8-3-5-14-6-4-8/h1-7,15H. The van der Waals surface area contributed by atoms with E-state index >= 15 is 0 Å². The van der Waals surface area contributed by atoms with Crippen molar-refractivity contribution in [2.45, 2.75) is 0 Å². The molecule has 0 aliphatic rings. The van der Waals surface area contributed by atoms with Gasteiger partial charge in [-0.3, -0.25) is 9.78 Å². The highest BCUT2D eigenvalue weighted by atomic mass is 19.1. The Balaban J connectivity index is 2.42. The number of phenolic OH excluding ortho intramolecular Hbond substituents is 1. The van der Waals surface area contributed by atoms with Crippen LogP contribution in [0.5, 0.6) is 5.75 Å². The molecule has 0 unspecified atom stereocenters. The highest BCUT2D eigenvalue weighted by Crippen LogP contribution is 2.21. The Kier molecular flexibility index (Phi) is 2.64. The highest BCUT2D eigenvalue weighted by molar-refractivity contribution is 6.10. The van der Waals surface area contributed by atoms with E-state index in [1.54, 1.807) is 0 Å². The molecule has 0 atom stereocenters. The van der Waals surface area contributed by atoms with E-state index in [9.17, 15) is 14.3 Å². The Labute approximate surface area is 91.2 Å². The maximum absolute atomic E-state index is 12.7. The van der Waals surface area contributed by atoms with Crippen LogP contribution in [0, 0.1) is 5.82 Å². The molecular weight excluding hydrogens is 209 g/mol. The average molecular weight is 217 g/mol. The molecule has 4 heteroatoms. The van der Waals surface area contributed by atoms with E-state index in [4.69, 9.17) is 0 Å². The second-order valence-electron chi connectivity index (χ2n) is 3.23. The first-order chi connectivity index (χ1) is 7.68. The maximum atomic E-state index is 12.7. The van der Waals surface area contributed by atoms with Gasteiger partial charge >= 0.3 is 0 Å². The Morgan fingerprint density at radius 3 is 2.50 bits per heavy atom. The molecule has 0 saturated heterocycles. The van der Waals surface area contributed by atoms with E-state index in [-0.39, 0.29) is 17.1 Å². The number of ketones is 1. The number of carbonyl (C=O) groups is 1. The van der Waals surface area contributed by atoms with Gasteiger partial charge < -0.3 is 5.11 Å². The predicted octanol–water partition coefficient (Wildman–Crippen LogP) is 2.16. The van der Waals surface area contributed by atoms with Gasteiger partial charge in [-0.25, -0.2) is 4.39 Å². The van der Waals surface area contributed by atoms with Crippen LogP contribution < -0.4 is 0 Å². The molecule has 16 heavy (non-hydrogen) atoms. The maximum Gasteiger partial charge on any atom is 0.196 e. The second-order valence-corrected chi connectivity index (χ2v) is 3.23. The van der Waals surface area contributed by atoms with E-state index in [1.807, 2.05) is 0 Å². The predicted molar refractivity (Wildman–Crippen MR) is 55.7 cm³/mol. The number of halogens is 1. The van der Waals surface area contributed by atoms with Crippen LogP contribution in [-0.2, 0) is 0 Å². The molecule has 0 saturated carbocycles. The van der Waals surface area contributed by atoms with E-state index < -0.39 is 5.82 Å². The van der Waals surface area contributed by atoms with Gasteiger partial charge in [0.05, 0.1) is 5.56 Å². The third-order valence-corrected chi connectivity index (χ3v) is 2.15. The third kappa shape index (κ3) is 1.91. The molecule has 1 heterocycles. The molecule has 0 spiro atoms. The van der Waals surface area contributed by atoms with Crippen LogP contribution in [-0.4, -0.2) is 15.9 Å². The SMILES string of the molecule is O=C(c1ccncc1)c1ccc(F)cc1O. The number of hydrogen-bond acceptors (Lipinski definition) is 3. The minimum atomic E-state index is -0.580. The largest absolute Gasteiger partial charge is 0.507 e. The molecule has 1 aromatic heterocycles. The number of benzene rings is 1. The number of aromatic nitrogens is 1. The molecule has 0 radical (unpaired) electrons. The molecule has 0 aliphatic carbocycles. The summed E-state index contributed by atoms with van der Waals surface area (Å²) >= 11 is 0. The van der Waals surface area contributed by atoms with Crippen molar-refractivity contribution in [2.24, 2.45) is 0 Å². The fourth-order valence-electron chi connectivity index (χ4n) is 1.36. The summed E-state index contributed by atoms with van der Waals surface area (Å²) in [5, 5.41) is 9.45. The smallest absolute Gasteiger partial charge is 0.196 e. The van der Waals surface area contributed by atoms with Gasteiger partial charge in [-0.2, -0.15) is 0 Å². The summed E-state index contributed by atoms with van der Waals surface area (Å²) in [5.41, 5.74) is 0.476. The van der Waals surface area contributed by atoms with Crippen molar-refractivity contribution in [3.8, 4) is 5.75 Å². The third-order valence-electron chi connectivity index (χ3n) is 2.15. The lowest BCUT2D eigenvalue weighted by Crippen LogP contribution is -2.01. The van der Waals surface area contributed by atoms with Gasteiger partial charge in [0.25, 0.3) is 0 Å². The van der Waals surface area contributed by atoms with Crippen molar-refractivity contribution >= 4 is 5.78 Å². The summed E-state index contributed by atoms with van der Waals surface area (Å²) in [7, 11) is 0. The Morgan fingerprint density at radius 1 is 1.19 bits per heavy atom. The molecule has 0 bridgehead atoms. The Bertz CT molecular complexity index is 526. The molecule has 2 rings (SSSR count). The Morgan fingerprint density at radius 2 is 1.88 bits per heavy atom. The minimum Gasteiger partial charge on any atom is -0.507 e. The van der Waals surface area contributed by atoms with Gasteiger partial charge in [0.15, 0.2) is 5.78 Å². The summed E-state index contributed by atoms with van der Waals surface area (Å²) in [6.45, 7) is 0. The second kappa shape index (κ2) is 4.10. The van der Waals surface area contributed by atoms with Crippen molar-refractivity contribution in [1.82, 2.24) is 4.98 Å². The fraction of sp³-hybridized carbons (Fsp3) is 0. The summed E-state index contributed by atoms with van der Waals surface area (Å²) in [5.74, 6) is -1.30. The molecule has 0 aliphatic heterocycles. The quantitative estimate of drug-likeness (QED) is 0.784. The van der Waals surface area contributed by atoms with Crippen molar-refractivity contribution < 1.29 is 14.3 Å². The summed E-state index contributed by atoms with van der Waals surface area (Å²) < 4.78 is 12.7. The normalized spacial score (nSPS) is 10.1. The van der Waals surface area contributed by atoms with Crippen LogP contribution in [0.25, 0.3) is 0 Å². The summed E-state index contributed by atoms with van der Waals surface area (Å²) in [4.78, 5) is 15.7. The van der Waals surface area contributed by atoms with E-state index in [1.165, 1.54) is 30.6 Å². The molecule has 1 aromatic carbocycles. The van der Waals surface area contributed by atoms with Crippen molar-refractivity contribution in [1.29, 1.82) is 0 Å². The molecule has 3 nitrogen and oxygen atoms in total. The zero-order chi connectivity index (χ0) is 11.5. The van der Waals surface area contributed by atoms with Crippen LogP contribution in [0.1, 0.15) is 15.9 Å². The van der Waals surface area contributed by atoms with Gasteiger partial charge in [0.1, 0.15) is 11.6 Å². The molecule has 0 amide bonds. The van der Waals surface area contributed by atoms with Crippen LogP contribution in [0.15, 0.2) is 42.7 Å². The van der Waals surface area contributed by atoms with Crippen molar-refractivity contribution in [3.63, 3.8) is 0 Å². The fourth-order valence-corrected chi connectivity index (χ4v) is 1.36. The lowest BCUT2D eigenvalue weighted by Gasteiger charge is -2.03. The van der Waals surface area contributed by atoms with E-state index in [0.29, 0.717) is 5.56 Å². The highest BCUT2D eigenvalue weighted by Gasteiger charge is 2.13. The first-order valence-electron chi connectivity index (χ1n) is 4.62. The summed E-state index contributed by atoms with van der Waals surface area (Å²) in [6.07, 6.45) is 2.96. The molecular formula is C12H8FNO2. The van der Waals surface area contributed by atoms with Crippen molar-refractivity contribution in [2.75, 3.05) is 0 Å². The minimum absolute atomic E-state index is 0.0765. The molecule has 2 aromatic rings. The van der Waals surface area contributed by atoms with Crippen LogP contribution in [0.2, 0.25) is 0 Å². The number of phenols is 1.